The Morgan fingerprint density at radius 3 is 2.46 bits per heavy atom. The van der Waals surface area contributed by atoms with Crippen molar-refractivity contribution in [3.05, 3.63) is 64.2 Å². The first-order valence-electron chi connectivity index (χ1n) is 7.51. The molecule has 0 aliphatic carbocycles. The highest BCUT2D eigenvalue weighted by atomic mass is 35.5. The first-order chi connectivity index (χ1) is 12.0. The molecule has 0 bridgehead atoms. The normalized spacial score (nSPS) is 12.0. The number of hydrogen-bond donors (Lipinski definition) is 1. The van der Waals surface area contributed by atoms with Crippen molar-refractivity contribution in [2.75, 3.05) is 5.75 Å². The number of halogens is 4. The maximum absolute atomic E-state index is 12.7. The van der Waals surface area contributed by atoms with E-state index in [2.05, 4.69) is 5.32 Å². The predicted molar refractivity (Wildman–Crippen MR) is 91.8 cm³/mol. The Hall–Kier alpha value is -2.06. The zero-order valence-electron chi connectivity index (χ0n) is 13.6. The number of carbonyl (C=O) groups excluding carboxylic acids is 1. The van der Waals surface area contributed by atoms with E-state index in [1.54, 1.807) is 0 Å². The van der Waals surface area contributed by atoms with Crippen LogP contribution in [-0.2, 0) is 22.6 Å². The molecule has 26 heavy (non-hydrogen) atoms. The Balaban J connectivity index is 2.24. The number of alkyl halides is 3. The van der Waals surface area contributed by atoms with Crippen molar-refractivity contribution in [3.63, 3.8) is 0 Å². The van der Waals surface area contributed by atoms with E-state index in [0.717, 1.165) is 18.2 Å². The molecule has 0 fully saturated rings. The van der Waals surface area contributed by atoms with Crippen LogP contribution < -0.4 is 5.32 Å². The number of hydrogen-bond acceptors (Lipinski definition) is 3. The molecule has 0 unspecified atom stereocenters. The summed E-state index contributed by atoms with van der Waals surface area (Å²) >= 11 is 5.88. The number of sulfone groups is 1. The molecule has 140 valence electrons. The summed E-state index contributed by atoms with van der Waals surface area (Å²) < 4.78 is 62.5. The van der Waals surface area contributed by atoms with Gasteiger partial charge in [0.05, 0.1) is 16.2 Å². The topological polar surface area (TPSA) is 63.2 Å². The van der Waals surface area contributed by atoms with Gasteiger partial charge in [0.1, 0.15) is 0 Å². The zero-order valence-corrected chi connectivity index (χ0v) is 15.2. The Kier molecular flexibility index (Phi) is 5.98. The summed E-state index contributed by atoms with van der Waals surface area (Å²) in [5, 5.41) is 2.71. The Morgan fingerprint density at radius 1 is 1.15 bits per heavy atom. The van der Waals surface area contributed by atoms with Crippen LogP contribution in [0.25, 0.3) is 0 Å². The van der Waals surface area contributed by atoms with E-state index in [4.69, 9.17) is 11.6 Å². The second-order valence-electron chi connectivity index (χ2n) is 5.42. The van der Waals surface area contributed by atoms with Gasteiger partial charge in [-0.25, -0.2) is 8.42 Å². The van der Waals surface area contributed by atoms with Crippen molar-refractivity contribution < 1.29 is 26.4 Å². The molecule has 0 aromatic heterocycles. The standard InChI is InChI=1S/C17H15ClF3NO3S/c1-2-26(24,25)15-7-6-14(18)9-12(15)10-22-16(23)11-4-3-5-13(8-11)17(19,20)21/h3-9H,2,10H2,1H3,(H,22,23). The van der Waals surface area contributed by atoms with Crippen LogP contribution in [-0.4, -0.2) is 20.1 Å². The third-order valence-electron chi connectivity index (χ3n) is 3.63. The summed E-state index contributed by atoms with van der Waals surface area (Å²) in [4.78, 5) is 12.2. The summed E-state index contributed by atoms with van der Waals surface area (Å²) in [5.41, 5.74) is -0.858. The molecule has 2 aromatic rings. The molecule has 4 nitrogen and oxygen atoms in total. The SMILES string of the molecule is CCS(=O)(=O)c1ccc(Cl)cc1CNC(=O)c1cccc(C(F)(F)F)c1. The van der Waals surface area contributed by atoms with E-state index in [9.17, 15) is 26.4 Å². The molecule has 0 saturated carbocycles. The van der Waals surface area contributed by atoms with Gasteiger partial charge in [-0.3, -0.25) is 4.79 Å². The fraction of sp³-hybridized carbons (Fsp3) is 0.235. The number of nitrogens with one attached hydrogen (secondary N) is 1. The molecule has 0 aliphatic heterocycles. The highest BCUT2D eigenvalue weighted by Gasteiger charge is 2.30. The molecule has 0 radical (unpaired) electrons. The van der Waals surface area contributed by atoms with Crippen LogP contribution in [0.2, 0.25) is 5.02 Å². The first kappa shape index (κ1) is 20.3. The fourth-order valence-corrected chi connectivity index (χ4v) is 3.57. The molecule has 0 aliphatic rings. The van der Waals surface area contributed by atoms with Crippen LogP contribution >= 0.6 is 11.6 Å². The molecule has 0 heterocycles. The molecule has 2 aromatic carbocycles. The number of benzene rings is 2. The monoisotopic (exact) mass is 405 g/mol. The quantitative estimate of drug-likeness (QED) is 0.815. The van der Waals surface area contributed by atoms with Gasteiger partial charge in [0.15, 0.2) is 9.84 Å². The molecule has 0 saturated heterocycles. The van der Waals surface area contributed by atoms with Crippen molar-refractivity contribution in [1.82, 2.24) is 5.32 Å². The number of carbonyl (C=O) groups is 1. The molecule has 1 amide bonds. The fourth-order valence-electron chi connectivity index (χ4n) is 2.26. The molecule has 9 heteroatoms. The van der Waals surface area contributed by atoms with Gasteiger partial charge in [-0.1, -0.05) is 24.6 Å². The Labute approximate surface area is 153 Å². The van der Waals surface area contributed by atoms with Gasteiger partial charge in [0, 0.05) is 17.1 Å². The molecule has 1 N–H and O–H groups in total. The van der Waals surface area contributed by atoms with Crippen molar-refractivity contribution in [1.29, 1.82) is 0 Å². The summed E-state index contributed by atoms with van der Waals surface area (Å²) in [5.74, 6) is -0.889. The van der Waals surface area contributed by atoms with Crippen LogP contribution in [0, 0.1) is 0 Å². The van der Waals surface area contributed by atoms with Gasteiger partial charge in [0.2, 0.25) is 0 Å². The molecule has 2 rings (SSSR count). The van der Waals surface area contributed by atoms with Gasteiger partial charge in [0.25, 0.3) is 5.91 Å². The Morgan fingerprint density at radius 2 is 1.85 bits per heavy atom. The van der Waals surface area contributed by atoms with Crippen LogP contribution in [0.5, 0.6) is 0 Å². The highest BCUT2D eigenvalue weighted by molar-refractivity contribution is 7.91. The van der Waals surface area contributed by atoms with Crippen LogP contribution in [0.3, 0.4) is 0 Å². The van der Waals surface area contributed by atoms with Crippen LogP contribution in [0.1, 0.15) is 28.4 Å². The van der Waals surface area contributed by atoms with E-state index < -0.39 is 27.5 Å². The maximum atomic E-state index is 12.7. The largest absolute Gasteiger partial charge is 0.416 e. The van der Waals surface area contributed by atoms with E-state index in [1.165, 1.54) is 31.2 Å². The van der Waals surface area contributed by atoms with Crippen molar-refractivity contribution in [3.8, 4) is 0 Å². The van der Waals surface area contributed by atoms with Crippen molar-refractivity contribution >= 4 is 27.3 Å². The average molecular weight is 406 g/mol. The molecule has 0 spiro atoms. The smallest absolute Gasteiger partial charge is 0.348 e. The number of amides is 1. The van der Waals surface area contributed by atoms with Crippen molar-refractivity contribution in [2.24, 2.45) is 0 Å². The van der Waals surface area contributed by atoms with Crippen LogP contribution in [0.15, 0.2) is 47.4 Å². The zero-order chi connectivity index (χ0) is 19.5. The minimum absolute atomic E-state index is 0.0220. The second-order valence-corrected chi connectivity index (χ2v) is 8.10. The van der Waals surface area contributed by atoms with E-state index in [1.807, 2.05) is 0 Å². The van der Waals surface area contributed by atoms with Gasteiger partial charge < -0.3 is 5.32 Å². The van der Waals surface area contributed by atoms with E-state index >= 15 is 0 Å². The minimum Gasteiger partial charge on any atom is -0.348 e. The van der Waals surface area contributed by atoms with Crippen LogP contribution in [0.4, 0.5) is 13.2 Å². The predicted octanol–water partition coefficient (Wildman–Crippen LogP) is 4.08. The lowest BCUT2D eigenvalue weighted by Crippen LogP contribution is -2.24. The highest BCUT2D eigenvalue weighted by Crippen LogP contribution is 2.29. The third-order valence-corrected chi connectivity index (χ3v) is 5.69. The number of rotatable bonds is 5. The second kappa shape index (κ2) is 7.67. The summed E-state index contributed by atoms with van der Waals surface area (Å²) in [6.45, 7) is 1.29. The average Bonchev–Trinajstić information content (AvgIpc) is 2.59. The van der Waals surface area contributed by atoms with Gasteiger partial charge in [-0.2, -0.15) is 13.2 Å². The lowest BCUT2D eigenvalue weighted by molar-refractivity contribution is -0.137. The summed E-state index contributed by atoms with van der Waals surface area (Å²) in [6, 6.07) is 8.12. The molecular weight excluding hydrogens is 391 g/mol. The van der Waals surface area contributed by atoms with Gasteiger partial charge >= 0.3 is 6.18 Å². The lowest BCUT2D eigenvalue weighted by Gasteiger charge is -2.12. The first-order valence-corrected chi connectivity index (χ1v) is 9.54. The van der Waals surface area contributed by atoms with E-state index in [-0.39, 0.29) is 33.3 Å². The Bertz CT molecular complexity index is 927. The van der Waals surface area contributed by atoms with Gasteiger partial charge in [-0.05, 0) is 42.0 Å². The maximum Gasteiger partial charge on any atom is 0.416 e. The summed E-state index contributed by atoms with van der Waals surface area (Å²) in [6.07, 6.45) is -4.56. The van der Waals surface area contributed by atoms with Crippen molar-refractivity contribution in [2.45, 2.75) is 24.5 Å². The van der Waals surface area contributed by atoms with Gasteiger partial charge in [-0.15, -0.1) is 0 Å². The lowest BCUT2D eigenvalue weighted by atomic mass is 10.1. The molecular formula is C17H15ClF3NO3S. The summed E-state index contributed by atoms with van der Waals surface area (Å²) in [7, 11) is -3.54. The minimum atomic E-state index is -4.56. The molecule has 0 atom stereocenters. The van der Waals surface area contributed by atoms with E-state index in [0.29, 0.717) is 0 Å². The third kappa shape index (κ3) is 4.76.